The van der Waals surface area contributed by atoms with Gasteiger partial charge in [-0.2, -0.15) is 0 Å². The van der Waals surface area contributed by atoms with Crippen molar-refractivity contribution in [3.05, 3.63) is 30.2 Å². The van der Waals surface area contributed by atoms with Gasteiger partial charge in [-0.05, 0) is 18.6 Å². The molecule has 0 unspecified atom stereocenters. The number of hydrogen-bond acceptors (Lipinski definition) is 5. The highest BCUT2D eigenvalue weighted by molar-refractivity contribution is 5.46. The lowest BCUT2D eigenvalue weighted by Gasteiger charge is -1.97. The molecule has 0 aliphatic rings. The molecule has 0 aromatic carbocycles. The molecule has 15 heavy (non-hydrogen) atoms. The summed E-state index contributed by atoms with van der Waals surface area (Å²) < 4.78 is 0. The Hall–Kier alpha value is -1.91. The lowest BCUT2D eigenvalue weighted by molar-refractivity contribution is 0.735. The van der Waals surface area contributed by atoms with Gasteiger partial charge in [0.2, 0.25) is 5.82 Å². The van der Waals surface area contributed by atoms with Crippen molar-refractivity contribution in [3.8, 4) is 11.5 Å². The molecule has 76 valence electrons. The maximum absolute atomic E-state index is 4.12. The Bertz CT molecular complexity index is 412. The van der Waals surface area contributed by atoms with Crippen LogP contribution in [0, 0.1) is 0 Å². The average Bonchev–Trinajstić information content (AvgIpc) is 2.32. The molecule has 2 aromatic rings. The molecule has 0 atom stereocenters. The number of aryl methyl sites for hydroxylation is 1. The van der Waals surface area contributed by atoms with Crippen LogP contribution in [-0.4, -0.2) is 25.4 Å². The lowest BCUT2D eigenvalue weighted by Crippen LogP contribution is -2.02. The highest BCUT2D eigenvalue weighted by atomic mass is 15.3. The first-order chi connectivity index (χ1) is 7.40. The topological polar surface area (TPSA) is 64.5 Å². The molecule has 0 bridgehead atoms. The van der Waals surface area contributed by atoms with E-state index in [-0.39, 0.29) is 0 Å². The van der Waals surface area contributed by atoms with Crippen LogP contribution >= 0.6 is 0 Å². The van der Waals surface area contributed by atoms with Gasteiger partial charge in [-0.3, -0.25) is 4.98 Å². The predicted octanol–water partition coefficient (Wildman–Crippen LogP) is 1.28. The van der Waals surface area contributed by atoms with Crippen molar-refractivity contribution in [2.24, 2.45) is 0 Å². The van der Waals surface area contributed by atoms with Gasteiger partial charge in [-0.1, -0.05) is 13.0 Å². The van der Waals surface area contributed by atoms with Gasteiger partial charge in [0, 0.05) is 12.6 Å². The minimum absolute atomic E-state index is 0.468. The molecule has 0 spiro atoms. The first-order valence-electron chi connectivity index (χ1n) is 4.88. The molecule has 0 aliphatic heterocycles. The summed E-state index contributed by atoms with van der Waals surface area (Å²) in [6.07, 6.45) is 3.49. The number of rotatable bonds is 3. The molecule has 0 saturated carbocycles. The fraction of sp³-hybridized carbons (Fsp3) is 0.300. The predicted molar refractivity (Wildman–Crippen MR) is 54.8 cm³/mol. The van der Waals surface area contributed by atoms with Crippen LogP contribution in [0.3, 0.4) is 0 Å². The van der Waals surface area contributed by atoms with Gasteiger partial charge in [0.15, 0.2) is 5.82 Å². The Morgan fingerprint density at radius 3 is 2.47 bits per heavy atom. The molecule has 0 radical (unpaired) electrons. The SMILES string of the molecule is CCCc1nnc(-c2ccccn2)nn1. The molecular weight excluding hydrogens is 190 g/mol. The Kier molecular flexibility index (Phi) is 2.92. The van der Waals surface area contributed by atoms with E-state index in [9.17, 15) is 0 Å². The van der Waals surface area contributed by atoms with Gasteiger partial charge in [0.1, 0.15) is 5.69 Å². The van der Waals surface area contributed by atoms with E-state index >= 15 is 0 Å². The largest absolute Gasteiger partial charge is 0.253 e. The highest BCUT2D eigenvalue weighted by Crippen LogP contribution is 2.07. The molecular formula is C10H11N5. The normalized spacial score (nSPS) is 10.2. The molecule has 2 heterocycles. The van der Waals surface area contributed by atoms with Crippen molar-refractivity contribution >= 4 is 0 Å². The van der Waals surface area contributed by atoms with Crippen LogP contribution in [0.4, 0.5) is 0 Å². The third-order valence-electron chi connectivity index (χ3n) is 1.89. The third-order valence-corrected chi connectivity index (χ3v) is 1.89. The van der Waals surface area contributed by atoms with Crippen molar-refractivity contribution in [1.29, 1.82) is 0 Å². The van der Waals surface area contributed by atoms with Gasteiger partial charge in [0.25, 0.3) is 0 Å². The maximum Gasteiger partial charge on any atom is 0.221 e. The number of hydrogen-bond donors (Lipinski definition) is 0. The molecule has 0 amide bonds. The van der Waals surface area contributed by atoms with Crippen molar-refractivity contribution in [3.63, 3.8) is 0 Å². The molecule has 0 saturated heterocycles. The first kappa shape index (κ1) is 9.64. The minimum Gasteiger partial charge on any atom is -0.253 e. The van der Waals surface area contributed by atoms with Crippen molar-refractivity contribution in [2.75, 3.05) is 0 Å². The molecule has 5 heteroatoms. The molecule has 0 N–H and O–H groups in total. The van der Waals surface area contributed by atoms with Crippen LogP contribution in [0.15, 0.2) is 24.4 Å². The van der Waals surface area contributed by atoms with E-state index < -0.39 is 0 Å². The van der Waals surface area contributed by atoms with E-state index in [0.717, 1.165) is 12.8 Å². The monoisotopic (exact) mass is 201 g/mol. The Balaban J connectivity index is 2.24. The standard InChI is InChI=1S/C10H11N5/c1-2-5-9-12-14-10(15-13-9)8-6-3-4-7-11-8/h3-4,6-7H,2,5H2,1H3. The van der Waals surface area contributed by atoms with Gasteiger partial charge in [0.05, 0.1) is 0 Å². The van der Waals surface area contributed by atoms with E-state index in [1.54, 1.807) is 6.20 Å². The Morgan fingerprint density at radius 1 is 1.07 bits per heavy atom. The van der Waals surface area contributed by atoms with Crippen molar-refractivity contribution in [1.82, 2.24) is 25.4 Å². The quantitative estimate of drug-likeness (QED) is 0.748. The second-order valence-electron chi connectivity index (χ2n) is 3.10. The number of aromatic nitrogens is 5. The third kappa shape index (κ3) is 2.31. The molecule has 0 aliphatic carbocycles. The summed E-state index contributed by atoms with van der Waals surface area (Å²) in [7, 11) is 0. The van der Waals surface area contributed by atoms with Gasteiger partial charge < -0.3 is 0 Å². The van der Waals surface area contributed by atoms with Crippen LogP contribution in [0.5, 0.6) is 0 Å². The fourth-order valence-electron chi connectivity index (χ4n) is 1.17. The Labute approximate surface area is 87.6 Å². The fourth-order valence-corrected chi connectivity index (χ4v) is 1.17. The van der Waals surface area contributed by atoms with Crippen LogP contribution < -0.4 is 0 Å². The summed E-state index contributed by atoms with van der Waals surface area (Å²) in [6.45, 7) is 2.07. The van der Waals surface area contributed by atoms with Crippen molar-refractivity contribution < 1.29 is 0 Å². The lowest BCUT2D eigenvalue weighted by atomic mass is 10.3. The smallest absolute Gasteiger partial charge is 0.221 e. The summed E-state index contributed by atoms with van der Waals surface area (Å²) in [5, 5.41) is 15.9. The maximum atomic E-state index is 4.12. The van der Waals surface area contributed by atoms with E-state index in [2.05, 4.69) is 32.3 Å². The zero-order chi connectivity index (χ0) is 10.5. The summed E-state index contributed by atoms with van der Waals surface area (Å²) in [4.78, 5) is 4.12. The number of pyridine rings is 1. The summed E-state index contributed by atoms with van der Waals surface area (Å²) in [5.74, 6) is 1.15. The van der Waals surface area contributed by atoms with Crippen LogP contribution in [0.25, 0.3) is 11.5 Å². The van der Waals surface area contributed by atoms with Crippen LogP contribution in [-0.2, 0) is 6.42 Å². The van der Waals surface area contributed by atoms with Gasteiger partial charge >= 0.3 is 0 Å². The van der Waals surface area contributed by atoms with Crippen molar-refractivity contribution in [2.45, 2.75) is 19.8 Å². The molecule has 2 rings (SSSR count). The molecule has 2 aromatic heterocycles. The number of nitrogens with zero attached hydrogens (tertiary/aromatic N) is 5. The second kappa shape index (κ2) is 4.54. The summed E-state index contributed by atoms with van der Waals surface area (Å²) in [5.41, 5.74) is 0.695. The summed E-state index contributed by atoms with van der Waals surface area (Å²) >= 11 is 0. The van der Waals surface area contributed by atoms with Gasteiger partial charge in [-0.25, -0.2) is 0 Å². The highest BCUT2D eigenvalue weighted by Gasteiger charge is 2.03. The average molecular weight is 201 g/mol. The van der Waals surface area contributed by atoms with E-state index in [1.807, 2.05) is 18.2 Å². The minimum atomic E-state index is 0.468. The van der Waals surface area contributed by atoms with E-state index in [0.29, 0.717) is 17.3 Å². The zero-order valence-electron chi connectivity index (χ0n) is 8.46. The molecule has 0 fully saturated rings. The van der Waals surface area contributed by atoms with E-state index in [1.165, 1.54) is 0 Å². The van der Waals surface area contributed by atoms with E-state index in [4.69, 9.17) is 0 Å². The summed E-state index contributed by atoms with van der Waals surface area (Å²) in [6, 6.07) is 5.56. The molecule has 5 nitrogen and oxygen atoms in total. The Morgan fingerprint density at radius 2 is 1.87 bits per heavy atom. The second-order valence-corrected chi connectivity index (χ2v) is 3.10. The van der Waals surface area contributed by atoms with Crippen LogP contribution in [0.2, 0.25) is 0 Å². The van der Waals surface area contributed by atoms with Crippen LogP contribution in [0.1, 0.15) is 19.2 Å². The van der Waals surface area contributed by atoms with Gasteiger partial charge in [-0.15, -0.1) is 20.4 Å². The zero-order valence-corrected chi connectivity index (χ0v) is 8.46. The first-order valence-corrected chi connectivity index (χ1v) is 4.88.